The number of nitrogens with zero attached hydrogens (tertiary/aromatic N) is 3. The van der Waals surface area contributed by atoms with E-state index in [9.17, 15) is 9.59 Å². The average Bonchev–Trinajstić information content (AvgIpc) is 2.89. The summed E-state index contributed by atoms with van der Waals surface area (Å²) in [7, 11) is 5.52. The minimum absolute atomic E-state index is 0.0395. The van der Waals surface area contributed by atoms with Crippen molar-refractivity contribution in [3.63, 3.8) is 0 Å². The van der Waals surface area contributed by atoms with Gasteiger partial charge in [0.2, 0.25) is 5.91 Å². The predicted molar refractivity (Wildman–Crippen MR) is 113 cm³/mol. The Morgan fingerprint density at radius 2 is 1.93 bits per heavy atom. The van der Waals surface area contributed by atoms with Crippen molar-refractivity contribution >= 4 is 11.8 Å². The molecule has 1 atom stereocenters. The Balaban J connectivity index is 1.65. The van der Waals surface area contributed by atoms with Crippen LogP contribution in [0.2, 0.25) is 0 Å². The first kappa shape index (κ1) is 21.7. The molecule has 2 saturated heterocycles. The van der Waals surface area contributed by atoms with E-state index in [0.29, 0.717) is 25.1 Å². The second-order valence-corrected chi connectivity index (χ2v) is 8.26. The van der Waals surface area contributed by atoms with Crippen molar-refractivity contribution in [1.82, 2.24) is 20.0 Å². The largest absolute Gasteiger partial charge is 0.383 e. The minimum atomic E-state index is -0.0590. The SMILES string of the molecule is CNC(=O)c1ccc(CN2CCN(C)[C@]3(CCC(=O)N(CCOC)CC3)C2)cc1. The van der Waals surface area contributed by atoms with E-state index < -0.39 is 0 Å². The molecule has 7 heteroatoms. The second-order valence-electron chi connectivity index (χ2n) is 8.26. The van der Waals surface area contributed by atoms with Gasteiger partial charge in [-0.3, -0.25) is 19.4 Å². The molecule has 2 heterocycles. The fourth-order valence-electron chi connectivity index (χ4n) is 4.51. The summed E-state index contributed by atoms with van der Waals surface area (Å²) in [5.74, 6) is 0.186. The molecule has 0 aliphatic carbocycles. The lowest BCUT2D eigenvalue weighted by molar-refractivity contribution is -0.131. The highest BCUT2D eigenvalue weighted by Gasteiger charge is 2.42. The van der Waals surface area contributed by atoms with E-state index in [1.54, 1.807) is 14.2 Å². The fraction of sp³-hybridized carbons (Fsp3) is 0.636. The third kappa shape index (κ3) is 5.15. The molecule has 7 nitrogen and oxygen atoms in total. The van der Waals surface area contributed by atoms with Gasteiger partial charge in [0.15, 0.2) is 0 Å². The summed E-state index contributed by atoms with van der Waals surface area (Å²) in [5.41, 5.74) is 1.94. The topological polar surface area (TPSA) is 65.1 Å². The summed E-state index contributed by atoms with van der Waals surface area (Å²) in [4.78, 5) is 31.2. The van der Waals surface area contributed by atoms with Crippen LogP contribution in [0.25, 0.3) is 0 Å². The Bertz CT molecular complexity index is 709. The Kier molecular flexibility index (Phi) is 7.27. The first-order chi connectivity index (χ1) is 14.0. The molecule has 0 unspecified atom stereocenters. The van der Waals surface area contributed by atoms with Crippen molar-refractivity contribution in [1.29, 1.82) is 0 Å². The molecule has 0 radical (unpaired) electrons. The summed E-state index contributed by atoms with van der Waals surface area (Å²) in [6, 6.07) is 7.85. The molecule has 1 N–H and O–H groups in total. The number of benzene rings is 1. The number of piperazine rings is 1. The van der Waals surface area contributed by atoms with Crippen LogP contribution in [0.1, 0.15) is 35.2 Å². The lowest BCUT2D eigenvalue weighted by atomic mass is 9.86. The van der Waals surface area contributed by atoms with Gasteiger partial charge in [0.25, 0.3) is 5.91 Å². The number of carbonyl (C=O) groups is 2. The second kappa shape index (κ2) is 9.69. The normalized spacial score (nSPS) is 24.0. The average molecular weight is 403 g/mol. The van der Waals surface area contributed by atoms with Crippen LogP contribution in [0.3, 0.4) is 0 Å². The van der Waals surface area contributed by atoms with E-state index in [1.165, 1.54) is 5.56 Å². The van der Waals surface area contributed by atoms with E-state index in [2.05, 4.69) is 22.2 Å². The Labute approximate surface area is 174 Å². The lowest BCUT2D eigenvalue weighted by Gasteiger charge is -2.49. The van der Waals surface area contributed by atoms with Gasteiger partial charge in [0, 0.05) is 70.9 Å². The number of nitrogens with one attached hydrogen (secondary N) is 1. The third-order valence-electron chi connectivity index (χ3n) is 6.50. The van der Waals surface area contributed by atoms with Crippen LogP contribution >= 0.6 is 0 Å². The van der Waals surface area contributed by atoms with Crippen LogP contribution in [0, 0.1) is 0 Å². The molecular weight excluding hydrogens is 368 g/mol. The molecule has 0 saturated carbocycles. The maximum Gasteiger partial charge on any atom is 0.251 e. The molecule has 2 amide bonds. The molecule has 2 aliphatic rings. The van der Waals surface area contributed by atoms with Crippen molar-refractivity contribution in [3.05, 3.63) is 35.4 Å². The summed E-state index contributed by atoms with van der Waals surface area (Å²) < 4.78 is 5.17. The zero-order valence-corrected chi connectivity index (χ0v) is 17.9. The van der Waals surface area contributed by atoms with Crippen LogP contribution in [0.5, 0.6) is 0 Å². The van der Waals surface area contributed by atoms with Gasteiger partial charge in [-0.15, -0.1) is 0 Å². The molecule has 1 aromatic carbocycles. The van der Waals surface area contributed by atoms with Gasteiger partial charge in [0.1, 0.15) is 0 Å². The van der Waals surface area contributed by atoms with E-state index in [0.717, 1.165) is 45.6 Å². The number of methoxy groups -OCH3 is 1. The van der Waals surface area contributed by atoms with Crippen molar-refractivity contribution < 1.29 is 14.3 Å². The fourth-order valence-corrected chi connectivity index (χ4v) is 4.51. The Morgan fingerprint density at radius 3 is 2.62 bits per heavy atom. The van der Waals surface area contributed by atoms with Crippen LogP contribution in [-0.4, -0.2) is 92.6 Å². The molecule has 29 heavy (non-hydrogen) atoms. The highest BCUT2D eigenvalue weighted by molar-refractivity contribution is 5.93. The highest BCUT2D eigenvalue weighted by atomic mass is 16.5. The van der Waals surface area contributed by atoms with Gasteiger partial charge in [-0.05, 0) is 37.6 Å². The number of rotatable bonds is 6. The number of ether oxygens (including phenoxy) is 1. The summed E-state index contributed by atoms with van der Waals surface area (Å²) >= 11 is 0. The molecular formula is C22H34N4O3. The smallest absolute Gasteiger partial charge is 0.251 e. The molecule has 1 aromatic rings. The van der Waals surface area contributed by atoms with Gasteiger partial charge < -0.3 is 15.0 Å². The molecule has 3 rings (SSSR count). The Hall–Kier alpha value is -1.96. The van der Waals surface area contributed by atoms with E-state index >= 15 is 0 Å². The van der Waals surface area contributed by atoms with Crippen LogP contribution < -0.4 is 5.32 Å². The molecule has 2 aliphatic heterocycles. The number of carbonyl (C=O) groups excluding carboxylic acids is 2. The number of hydrogen-bond donors (Lipinski definition) is 1. The zero-order valence-electron chi connectivity index (χ0n) is 17.9. The highest BCUT2D eigenvalue weighted by Crippen LogP contribution is 2.32. The van der Waals surface area contributed by atoms with Gasteiger partial charge in [-0.25, -0.2) is 0 Å². The van der Waals surface area contributed by atoms with E-state index in [4.69, 9.17) is 4.74 Å². The number of amides is 2. The standard InChI is InChI=1S/C22H34N4O3/c1-23-21(28)19-6-4-18(5-7-19)16-25-13-12-24(2)22(17-25)9-8-20(27)26(11-10-22)14-15-29-3/h4-7H,8-17H2,1-3H3,(H,23,28)/t22-/m0/s1. The van der Waals surface area contributed by atoms with E-state index in [-0.39, 0.29) is 17.4 Å². The zero-order chi connectivity index (χ0) is 20.9. The monoisotopic (exact) mass is 402 g/mol. The maximum absolute atomic E-state index is 12.5. The first-order valence-electron chi connectivity index (χ1n) is 10.5. The lowest BCUT2D eigenvalue weighted by Crippen LogP contribution is -2.60. The molecule has 0 bridgehead atoms. The summed E-state index contributed by atoms with van der Waals surface area (Å²) in [6.45, 7) is 5.90. The van der Waals surface area contributed by atoms with E-state index in [1.807, 2.05) is 29.2 Å². The first-order valence-corrected chi connectivity index (χ1v) is 10.5. The van der Waals surface area contributed by atoms with Crippen LogP contribution in [0.15, 0.2) is 24.3 Å². The van der Waals surface area contributed by atoms with Crippen LogP contribution in [-0.2, 0) is 16.1 Å². The quantitative estimate of drug-likeness (QED) is 0.774. The molecule has 160 valence electrons. The molecule has 0 aromatic heterocycles. The Morgan fingerprint density at radius 1 is 1.17 bits per heavy atom. The molecule has 2 fully saturated rings. The van der Waals surface area contributed by atoms with Crippen molar-refractivity contribution in [2.45, 2.75) is 31.3 Å². The van der Waals surface area contributed by atoms with Crippen LogP contribution in [0.4, 0.5) is 0 Å². The van der Waals surface area contributed by atoms with Gasteiger partial charge in [0.05, 0.1) is 6.61 Å². The number of likely N-dealkylation sites (tertiary alicyclic amines) is 1. The maximum atomic E-state index is 12.5. The van der Waals surface area contributed by atoms with Gasteiger partial charge in [-0.1, -0.05) is 12.1 Å². The van der Waals surface area contributed by atoms with Gasteiger partial charge >= 0.3 is 0 Å². The number of likely N-dealkylation sites (N-methyl/N-ethyl adjacent to an activating group) is 1. The summed E-state index contributed by atoms with van der Waals surface area (Å²) in [6.07, 6.45) is 2.49. The predicted octanol–water partition coefficient (Wildman–Crippen LogP) is 1.19. The molecule has 1 spiro atoms. The summed E-state index contributed by atoms with van der Waals surface area (Å²) in [5, 5.41) is 2.66. The number of hydrogen-bond acceptors (Lipinski definition) is 5. The van der Waals surface area contributed by atoms with Gasteiger partial charge in [-0.2, -0.15) is 0 Å². The van der Waals surface area contributed by atoms with Crippen molar-refractivity contribution in [3.8, 4) is 0 Å². The third-order valence-corrected chi connectivity index (χ3v) is 6.50. The van der Waals surface area contributed by atoms with Crippen molar-refractivity contribution in [2.75, 3.05) is 60.5 Å². The van der Waals surface area contributed by atoms with Crippen molar-refractivity contribution in [2.24, 2.45) is 0 Å². The minimum Gasteiger partial charge on any atom is -0.383 e.